The van der Waals surface area contributed by atoms with Crippen molar-refractivity contribution in [1.82, 2.24) is 9.80 Å². The molecule has 1 saturated heterocycles. The fourth-order valence-electron chi connectivity index (χ4n) is 2.40. The number of nitrogens with zero attached hydrogens (tertiary/aromatic N) is 2. The lowest BCUT2D eigenvalue weighted by atomic mass is 10.1. The third-order valence-corrected chi connectivity index (χ3v) is 4.03. The van der Waals surface area contributed by atoms with Crippen LogP contribution in [0.3, 0.4) is 0 Å². The van der Waals surface area contributed by atoms with E-state index in [1.165, 1.54) is 7.11 Å². The van der Waals surface area contributed by atoms with Crippen molar-refractivity contribution in [2.45, 2.75) is 12.8 Å². The van der Waals surface area contributed by atoms with Crippen LogP contribution in [-0.4, -0.2) is 60.9 Å². The third kappa shape index (κ3) is 4.69. The van der Waals surface area contributed by atoms with Crippen molar-refractivity contribution in [3.8, 4) is 0 Å². The molecule has 6 nitrogen and oxygen atoms in total. The van der Waals surface area contributed by atoms with Crippen LogP contribution >= 0.6 is 11.6 Å². The summed E-state index contributed by atoms with van der Waals surface area (Å²) < 4.78 is 4.52. The van der Waals surface area contributed by atoms with Gasteiger partial charge in [-0.25, -0.2) is 0 Å². The molecule has 0 unspecified atom stereocenters. The summed E-state index contributed by atoms with van der Waals surface area (Å²) in [7, 11) is 1.30. The van der Waals surface area contributed by atoms with Gasteiger partial charge in [0.15, 0.2) is 0 Å². The molecule has 0 aromatic heterocycles. The molecule has 0 aliphatic carbocycles. The maximum atomic E-state index is 12.4. The van der Waals surface area contributed by atoms with Crippen molar-refractivity contribution in [3.63, 3.8) is 0 Å². The molecule has 2 rings (SSSR count). The predicted octanol–water partition coefficient (Wildman–Crippen LogP) is 1.58. The minimum Gasteiger partial charge on any atom is -0.469 e. The monoisotopic (exact) mass is 338 g/mol. The zero-order valence-electron chi connectivity index (χ0n) is 13.0. The van der Waals surface area contributed by atoms with Crippen molar-refractivity contribution >= 4 is 29.4 Å². The first kappa shape index (κ1) is 17.3. The van der Waals surface area contributed by atoms with Gasteiger partial charge < -0.3 is 14.5 Å². The summed E-state index contributed by atoms with van der Waals surface area (Å²) in [5.74, 6) is -0.549. The first-order valence-corrected chi connectivity index (χ1v) is 7.78. The molecule has 1 aromatic carbocycles. The maximum Gasteiger partial charge on any atom is 0.306 e. The van der Waals surface area contributed by atoms with Gasteiger partial charge in [-0.1, -0.05) is 11.6 Å². The first-order chi connectivity index (χ1) is 11.0. The Hall–Kier alpha value is -2.08. The minimum atomic E-state index is -0.394. The molecule has 1 aromatic rings. The fourth-order valence-corrected chi connectivity index (χ4v) is 2.53. The molecule has 0 N–H and O–H groups in total. The van der Waals surface area contributed by atoms with Gasteiger partial charge in [-0.05, 0) is 24.3 Å². The molecule has 1 heterocycles. The summed E-state index contributed by atoms with van der Waals surface area (Å²) in [6.07, 6.45) is 0.219. The van der Waals surface area contributed by atoms with Crippen molar-refractivity contribution in [3.05, 3.63) is 34.9 Å². The lowest BCUT2D eigenvalue weighted by molar-refractivity contribution is -0.143. The van der Waals surface area contributed by atoms with Gasteiger partial charge in [0.1, 0.15) is 0 Å². The van der Waals surface area contributed by atoms with Crippen LogP contribution in [0.1, 0.15) is 23.2 Å². The van der Waals surface area contributed by atoms with E-state index < -0.39 is 5.97 Å². The quantitative estimate of drug-likeness (QED) is 0.782. The van der Waals surface area contributed by atoms with Crippen LogP contribution < -0.4 is 0 Å². The highest BCUT2D eigenvalue weighted by molar-refractivity contribution is 6.30. The summed E-state index contributed by atoms with van der Waals surface area (Å²) >= 11 is 5.82. The Kier molecular flexibility index (Phi) is 5.98. The second-order valence-corrected chi connectivity index (χ2v) is 5.69. The number of carbonyl (C=O) groups excluding carboxylic acids is 3. The number of piperazine rings is 1. The molecule has 124 valence electrons. The summed E-state index contributed by atoms with van der Waals surface area (Å²) in [4.78, 5) is 38.8. The van der Waals surface area contributed by atoms with E-state index >= 15 is 0 Å². The van der Waals surface area contributed by atoms with Crippen LogP contribution in [0.15, 0.2) is 24.3 Å². The van der Waals surface area contributed by atoms with Gasteiger partial charge in [0.2, 0.25) is 5.91 Å². The van der Waals surface area contributed by atoms with E-state index in [0.29, 0.717) is 36.8 Å². The maximum absolute atomic E-state index is 12.4. The Bertz CT molecular complexity index is 580. The van der Waals surface area contributed by atoms with Gasteiger partial charge in [-0.15, -0.1) is 0 Å². The Morgan fingerprint density at radius 2 is 1.57 bits per heavy atom. The predicted molar refractivity (Wildman–Crippen MR) is 85.2 cm³/mol. The zero-order chi connectivity index (χ0) is 16.8. The normalized spacial score (nSPS) is 14.5. The van der Waals surface area contributed by atoms with Crippen molar-refractivity contribution in [2.75, 3.05) is 33.3 Å². The van der Waals surface area contributed by atoms with Gasteiger partial charge in [0.25, 0.3) is 5.91 Å². The number of methoxy groups -OCH3 is 1. The molecule has 1 aliphatic rings. The topological polar surface area (TPSA) is 66.9 Å². The highest BCUT2D eigenvalue weighted by Gasteiger charge is 2.25. The van der Waals surface area contributed by atoms with E-state index in [9.17, 15) is 14.4 Å². The van der Waals surface area contributed by atoms with Crippen LogP contribution in [0.25, 0.3) is 0 Å². The summed E-state index contributed by atoms with van der Waals surface area (Å²) in [5, 5.41) is 0.586. The van der Waals surface area contributed by atoms with Crippen molar-refractivity contribution in [1.29, 1.82) is 0 Å². The fraction of sp³-hybridized carbons (Fsp3) is 0.438. The van der Waals surface area contributed by atoms with Gasteiger partial charge in [0.05, 0.1) is 13.5 Å². The molecule has 1 fully saturated rings. The largest absolute Gasteiger partial charge is 0.469 e. The highest BCUT2D eigenvalue weighted by Crippen LogP contribution is 2.13. The van der Waals surface area contributed by atoms with Gasteiger partial charge in [-0.2, -0.15) is 0 Å². The molecule has 0 spiro atoms. The second-order valence-electron chi connectivity index (χ2n) is 5.26. The number of amides is 2. The van der Waals surface area contributed by atoms with Crippen LogP contribution in [0.4, 0.5) is 0 Å². The summed E-state index contributed by atoms with van der Waals surface area (Å²) in [6, 6.07) is 6.75. The van der Waals surface area contributed by atoms with E-state index in [0.717, 1.165) is 0 Å². The van der Waals surface area contributed by atoms with Crippen molar-refractivity contribution < 1.29 is 19.1 Å². The number of carbonyl (C=O) groups is 3. The molecular formula is C16H19ClN2O4. The number of halogens is 1. The molecular weight excluding hydrogens is 320 g/mol. The number of benzene rings is 1. The summed E-state index contributed by atoms with van der Waals surface area (Å²) in [5.41, 5.74) is 0.583. The number of esters is 1. The Morgan fingerprint density at radius 1 is 1.00 bits per heavy atom. The number of hydrogen-bond acceptors (Lipinski definition) is 4. The van der Waals surface area contributed by atoms with Gasteiger partial charge in [-0.3, -0.25) is 14.4 Å². The van der Waals surface area contributed by atoms with Crippen LogP contribution in [0.5, 0.6) is 0 Å². The standard InChI is InChI=1S/C16H19ClN2O4/c1-23-15(21)7-6-14(20)18-8-10-19(11-9-18)16(22)12-2-4-13(17)5-3-12/h2-5H,6-11H2,1H3. The number of ether oxygens (including phenoxy) is 1. The lowest BCUT2D eigenvalue weighted by Crippen LogP contribution is -2.50. The Labute approximate surface area is 139 Å². The molecule has 23 heavy (non-hydrogen) atoms. The zero-order valence-corrected chi connectivity index (χ0v) is 13.7. The van der Waals surface area contributed by atoms with Crippen LogP contribution in [0, 0.1) is 0 Å². The SMILES string of the molecule is COC(=O)CCC(=O)N1CCN(C(=O)c2ccc(Cl)cc2)CC1. The van der Waals surface area contributed by atoms with Crippen LogP contribution in [0.2, 0.25) is 5.02 Å². The number of hydrogen-bond donors (Lipinski definition) is 0. The molecule has 0 radical (unpaired) electrons. The first-order valence-electron chi connectivity index (χ1n) is 7.40. The van der Waals surface area contributed by atoms with E-state index in [-0.39, 0.29) is 24.7 Å². The third-order valence-electron chi connectivity index (χ3n) is 3.78. The summed E-state index contributed by atoms with van der Waals surface area (Å²) in [6.45, 7) is 1.90. The Morgan fingerprint density at radius 3 is 2.13 bits per heavy atom. The van der Waals surface area contributed by atoms with Gasteiger partial charge in [0, 0.05) is 43.2 Å². The average Bonchev–Trinajstić information content (AvgIpc) is 2.59. The Balaban J connectivity index is 1.83. The molecule has 7 heteroatoms. The van der Waals surface area contributed by atoms with Crippen LogP contribution in [-0.2, 0) is 14.3 Å². The second kappa shape index (κ2) is 7.97. The average molecular weight is 339 g/mol. The molecule has 0 bridgehead atoms. The molecule has 2 amide bonds. The number of rotatable bonds is 4. The molecule has 1 aliphatic heterocycles. The molecule has 0 saturated carbocycles. The van der Waals surface area contributed by atoms with E-state index in [2.05, 4.69) is 4.74 Å². The van der Waals surface area contributed by atoms with E-state index in [1.807, 2.05) is 0 Å². The lowest BCUT2D eigenvalue weighted by Gasteiger charge is -2.34. The van der Waals surface area contributed by atoms with Crippen molar-refractivity contribution in [2.24, 2.45) is 0 Å². The van der Waals surface area contributed by atoms with E-state index in [1.54, 1.807) is 34.1 Å². The van der Waals surface area contributed by atoms with E-state index in [4.69, 9.17) is 11.6 Å². The van der Waals surface area contributed by atoms with Gasteiger partial charge >= 0.3 is 5.97 Å². The molecule has 0 atom stereocenters. The smallest absolute Gasteiger partial charge is 0.306 e. The minimum absolute atomic E-state index is 0.0664. The highest BCUT2D eigenvalue weighted by atomic mass is 35.5.